The third-order valence-electron chi connectivity index (χ3n) is 2.44. The van der Waals surface area contributed by atoms with Crippen LogP contribution >= 0.6 is 0 Å². The first-order valence-corrected chi connectivity index (χ1v) is 6.43. The van der Waals surface area contributed by atoms with Crippen LogP contribution in [0.2, 0.25) is 0 Å². The highest BCUT2D eigenvalue weighted by atomic mass is 16.4. The van der Waals surface area contributed by atoms with Gasteiger partial charge in [-0.3, -0.25) is 0 Å². The van der Waals surface area contributed by atoms with Gasteiger partial charge in [0.15, 0.2) is 0 Å². The van der Waals surface area contributed by atoms with E-state index in [2.05, 4.69) is 50.1 Å². The van der Waals surface area contributed by atoms with Crippen molar-refractivity contribution < 1.29 is 4.42 Å². The third kappa shape index (κ3) is 6.41. The Labute approximate surface area is 104 Å². The van der Waals surface area contributed by atoms with E-state index in [9.17, 15) is 0 Å². The molecule has 0 unspecified atom stereocenters. The van der Waals surface area contributed by atoms with Crippen LogP contribution in [0, 0.1) is 5.92 Å². The number of nitrogens with one attached hydrogen (secondary N) is 1. The average Bonchev–Trinajstić information content (AvgIpc) is 2.61. The minimum atomic E-state index is 0.139. The van der Waals surface area contributed by atoms with Crippen LogP contribution in [0.1, 0.15) is 52.8 Å². The zero-order valence-corrected chi connectivity index (χ0v) is 11.7. The number of hydrogen-bond donors (Lipinski definition) is 1. The van der Waals surface area contributed by atoms with Crippen molar-refractivity contribution >= 4 is 0 Å². The molecule has 0 radical (unpaired) electrons. The van der Waals surface area contributed by atoms with Crippen LogP contribution in [0.4, 0.5) is 0 Å². The first kappa shape index (κ1) is 14.2. The third-order valence-corrected chi connectivity index (χ3v) is 2.44. The molecule has 4 heteroatoms. The van der Waals surface area contributed by atoms with Gasteiger partial charge >= 0.3 is 0 Å². The minimum Gasteiger partial charge on any atom is -0.425 e. The molecule has 0 bridgehead atoms. The van der Waals surface area contributed by atoms with E-state index in [4.69, 9.17) is 4.42 Å². The zero-order valence-electron chi connectivity index (χ0n) is 11.7. The molecule has 17 heavy (non-hydrogen) atoms. The van der Waals surface area contributed by atoms with Gasteiger partial charge in [-0.05, 0) is 33.1 Å². The summed E-state index contributed by atoms with van der Waals surface area (Å²) in [4.78, 5) is 0. The summed E-state index contributed by atoms with van der Waals surface area (Å²) in [5.74, 6) is 2.18. The van der Waals surface area contributed by atoms with Crippen molar-refractivity contribution in [3.8, 4) is 0 Å². The highest BCUT2D eigenvalue weighted by Gasteiger charge is 2.10. The molecule has 0 atom stereocenters. The van der Waals surface area contributed by atoms with E-state index < -0.39 is 0 Å². The second-order valence-electron chi connectivity index (χ2n) is 5.95. The van der Waals surface area contributed by atoms with Crippen LogP contribution in [0.15, 0.2) is 4.42 Å². The first-order chi connectivity index (χ1) is 7.87. The Kier molecular flexibility index (Phi) is 5.12. The van der Waals surface area contributed by atoms with Crippen molar-refractivity contribution in [2.75, 3.05) is 6.54 Å². The Morgan fingerprint density at radius 2 is 1.71 bits per heavy atom. The lowest BCUT2D eigenvalue weighted by Crippen LogP contribution is -2.37. The maximum Gasteiger partial charge on any atom is 0.217 e. The Hall–Kier alpha value is -0.900. The second kappa shape index (κ2) is 6.15. The van der Waals surface area contributed by atoms with Gasteiger partial charge in [0.1, 0.15) is 0 Å². The molecule has 1 rings (SSSR count). The van der Waals surface area contributed by atoms with Gasteiger partial charge in [0, 0.05) is 24.9 Å². The van der Waals surface area contributed by atoms with Gasteiger partial charge < -0.3 is 9.73 Å². The van der Waals surface area contributed by atoms with Gasteiger partial charge in [-0.1, -0.05) is 13.8 Å². The van der Waals surface area contributed by atoms with Crippen LogP contribution in [0.25, 0.3) is 0 Å². The molecule has 1 aromatic heterocycles. The fraction of sp³-hybridized carbons (Fsp3) is 0.846. The number of aryl methyl sites for hydroxylation is 1. The second-order valence-corrected chi connectivity index (χ2v) is 5.95. The van der Waals surface area contributed by atoms with Gasteiger partial charge in [-0.2, -0.15) is 0 Å². The molecule has 0 fully saturated rings. The summed E-state index contributed by atoms with van der Waals surface area (Å²) < 4.78 is 5.59. The average molecular weight is 239 g/mol. The summed E-state index contributed by atoms with van der Waals surface area (Å²) in [6.07, 6.45) is 2.78. The fourth-order valence-corrected chi connectivity index (χ4v) is 1.45. The monoisotopic (exact) mass is 239 g/mol. The molecule has 0 amide bonds. The smallest absolute Gasteiger partial charge is 0.217 e. The van der Waals surface area contributed by atoms with Gasteiger partial charge in [-0.15, -0.1) is 10.2 Å². The number of rotatable bonds is 6. The standard InChI is InChI=1S/C13H25N3O/c1-10(2)6-7-11-15-16-12(17-11)8-9-14-13(3,4)5/h10,14H,6-9H2,1-5H3. The number of aromatic nitrogens is 2. The van der Waals surface area contributed by atoms with Crippen LogP contribution in [-0.4, -0.2) is 22.3 Å². The summed E-state index contributed by atoms with van der Waals surface area (Å²) >= 11 is 0. The van der Waals surface area contributed by atoms with Gasteiger partial charge in [0.05, 0.1) is 0 Å². The van der Waals surface area contributed by atoms with E-state index in [-0.39, 0.29) is 5.54 Å². The molecule has 0 spiro atoms. The van der Waals surface area contributed by atoms with E-state index in [1.807, 2.05) is 0 Å². The highest BCUT2D eigenvalue weighted by molar-refractivity contribution is 4.84. The van der Waals surface area contributed by atoms with Crippen molar-refractivity contribution in [1.29, 1.82) is 0 Å². The lowest BCUT2D eigenvalue weighted by molar-refractivity contribution is 0.396. The van der Waals surface area contributed by atoms with Crippen LogP contribution < -0.4 is 5.32 Å². The van der Waals surface area contributed by atoms with Crippen molar-refractivity contribution in [1.82, 2.24) is 15.5 Å². The molecule has 0 aliphatic heterocycles. The summed E-state index contributed by atoms with van der Waals surface area (Å²) in [7, 11) is 0. The van der Waals surface area contributed by atoms with E-state index in [1.165, 1.54) is 0 Å². The lowest BCUT2D eigenvalue weighted by atomic mass is 10.1. The highest BCUT2D eigenvalue weighted by Crippen LogP contribution is 2.08. The minimum absolute atomic E-state index is 0.139. The summed E-state index contributed by atoms with van der Waals surface area (Å²) in [5, 5.41) is 11.5. The number of nitrogens with zero attached hydrogens (tertiary/aromatic N) is 2. The molecular weight excluding hydrogens is 214 g/mol. The maximum absolute atomic E-state index is 5.59. The number of hydrogen-bond acceptors (Lipinski definition) is 4. The van der Waals surface area contributed by atoms with E-state index in [0.29, 0.717) is 5.92 Å². The predicted molar refractivity (Wildman–Crippen MR) is 68.9 cm³/mol. The molecule has 1 heterocycles. The lowest BCUT2D eigenvalue weighted by Gasteiger charge is -2.19. The molecule has 98 valence electrons. The SMILES string of the molecule is CC(C)CCc1nnc(CCNC(C)(C)C)o1. The molecule has 0 aliphatic carbocycles. The van der Waals surface area contributed by atoms with Crippen molar-refractivity contribution in [3.63, 3.8) is 0 Å². The summed E-state index contributed by atoms with van der Waals surface area (Å²) in [5.41, 5.74) is 0.139. The Morgan fingerprint density at radius 3 is 2.24 bits per heavy atom. The predicted octanol–water partition coefficient (Wildman–Crippen LogP) is 2.59. The Morgan fingerprint density at radius 1 is 1.12 bits per heavy atom. The molecule has 0 aromatic carbocycles. The summed E-state index contributed by atoms with van der Waals surface area (Å²) in [6.45, 7) is 11.7. The summed E-state index contributed by atoms with van der Waals surface area (Å²) in [6, 6.07) is 0. The van der Waals surface area contributed by atoms with Gasteiger partial charge in [0.25, 0.3) is 0 Å². The quantitative estimate of drug-likeness (QED) is 0.829. The molecule has 1 N–H and O–H groups in total. The van der Waals surface area contributed by atoms with Crippen LogP contribution in [0.3, 0.4) is 0 Å². The van der Waals surface area contributed by atoms with Crippen LogP contribution in [-0.2, 0) is 12.8 Å². The fourth-order valence-electron chi connectivity index (χ4n) is 1.45. The topological polar surface area (TPSA) is 51.0 Å². The van der Waals surface area contributed by atoms with E-state index in [1.54, 1.807) is 0 Å². The largest absolute Gasteiger partial charge is 0.425 e. The molecule has 0 saturated heterocycles. The molecule has 1 aromatic rings. The van der Waals surface area contributed by atoms with Crippen LogP contribution in [0.5, 0.6) is 0 Å². The first-order valence-electron chi connectivity index (χ1n) is 6.43. The zero-order chi connectivity index (χ0) is 12.9. The van der Waals surface area contributed by atoms with Crippen molar-refractivity contribution in [2.24, 2.45) is 5.92 Å². The van der Waals surface area contributed by atoms with Crippen molar-refractivity contribution in [2.45, 2.75) is 59.4 Å². The molecule has 0 saturated carbocycles. The maximum atomic E-state index is 5.59. The molecule has 0 aliphatic rings. The van der Waals surface area contributed by atoms with E-state index in [0.717, 1.165) is 37.6 Å². The van der Waals surface area contributed by atoms with Gasteiger partial charge in [0.2, 0.25) is 11.8 Å². The van der Waals surface area contributed by atoms with Gasteiger partial charge in [-0.25, -0.2) is 0 Å². The normalized spacial score (nSPS) is 12.4. The molecular formula is C13H25N3O. The van der Waals surface area contributed by atoms with Crippen molar-refractivity contribution in [3.05, 3.63) is 11.8 Å². The molecule has 4 nitrogen and oxygen atoms in total. The Balaban J connectivity index is 2.31. The Bertz CT molecular complexity index is 326. The van der Waals surface area contributed by atoms with E-state index >= 15 is 0 Å².